The summed E-state index contributed by atoms with van der Waals surface area (Å²) in [5.74, 6) is -0.375. The summed E-state index contributed by atoms with van der Waals surface area (Å²) in [5.41, 5.74) is 6.05. The molecule has 2 heteroatoms. The van der Waals surface area contributed by atoms with E-state index in [0.717, 1.165) is 5.57 Å². The van der Waals surface area contributed by atoms with Crippen LogP contribution in [-0.4, -0.2) is 11.1 Å². The van der Waals surface area contributed by atoms with Crippen molar-refractivity contribution >= 4 is 5.97 Å². The number of fused-ring (bicyclic) bond motifs is 1. The standard InChI is InChI=1S/C26H36O2/c1-7-12-26(17-20(26)9-8-18(2)15-23(27)28)19-10-11-21-22(16-19)25(5,6)14-13-24(21,3)4/h8-11,15-16,20H,7,12-14,17H2,1-6H3,(H,27,28)/t20-,26-/m1/s1. The Hall–Kier alpha value is -1.83. The molecule has 0 aliphatic heterocycles. The average Bonchev–Trinajstić information content (AvgIpc) is 3.31. The molecule has 3 rings (SSSR count). The highest BCUT2D eigenvalue weighted by atomic mass is 16.4. The zero-order valence-corrected chi connectivity index (χ0v) is 18.4. The molecule has 1 fully saturated rings. The molecule has 28 heavy (non-hydrogen) atoms. The van der Waals surface area contributed by atoms with Gasteiger partial charge in [-0.1, -0.05) is 71.4 Å². The molecule has 2 nitrogen and oxygen atoms in total. The second kappa shape index (κ2) is 7.21. The van der Waals surface area contributed by atoms with Gasteiger partial charge in [0.05, 0.1) is 0 Å². The van der Waals surface area contributed by atoms with Crippen LogP contribution in [-0.2, 0) is 21.0 Å². The predicted octanol–water partition coefficient (Wildman–Crippen LogP) is 6.68. The van der Waals surface area contributed by atoms with Crippen LogP contribution in [0, 0.1) is 5.92 Å². The lowest BCUT2D eigenvalue weighted by molar-refractivity contribution is -0.131. The van der Waals surface area contributed by atoms with Crippen molar-refractivity contribution in [2.24, 2.45) is 5.92 Å². The van der Waals surface area contributed by atoms with Crippen LogP contribution in [0.1, 0.15) is 90.3 Å². The molecule has 0 saturated heterocycles. The number of hydrogen-bond acceptors (Lipinski definition) is 1. The molecule has 0 unspecified atom stereocenters. The minimum atomic E-state index is -0.877. The largest absolute Gasteiger partial charge is 0.478 e. The maximum Gasteiger partial charge on any atom is 0.328 e. The lowest BCUT2D eigenvalue weighted by Gasteiger charge is -2.42. The van der Waals surface area contributed by atoms with Crippen LogP contribution in [0.3, 0.4) is 0 Å². The summed E-state index contributed by atoms with van der Waals surface area (Å²) in [6.45, 7) is 13.7. The maximum atomic E-state index is 10.9. The molecule has 2 aliphatic rings. The highest BCUT2D eigenvalue weighted by Crippen LogP contribution is 2.59. The fourth-order valence-corrected chi connectivity index (χ4v) is 5.20. The zero-order valence-electron chi connectivity index (χ0n) is 18.4. The van der Waals surface area contributed by atoms with E-state index in [-0.39, 0.29) is 16.2 Å². The van der Waals surface area contributed by atoms with Gasteiger partial charge in [0.1, 0.15) is 0 Å². The third-order valence-electron chi connectivity index (χ3n) is 7.20. The molecule has 1 aromatic rings. The molecule has 0 radical (unpaired) electrons. The zero-order chi connectivity index (χ0) is 20.7. The lowest BCUT2D eigenvalue weighted by atomic mass is 9.62. The van der Waals surface area contributed by atoms with Crippen LogP contribution in [0.25, 0.3) is 0 Å². The van der Waals surface area contributed by atoms with Gasteiger partial charge in [-0.15, -0.1) is 0 Å². The molecular weight excluding hydrogens is 344 g/mol. The fraction of sp³-hybridized carbons (Fsp3) is 0.577. The van der Waals surface area contributed by atoms with Crippen LogP contribution in [0.2, 0.25) is 0 Å². The van der Waals surface area contributed by atoms with E-state index < -0.39 is 5.97 Å². The molecule has 1 saturated carbocycles. The minimum Gasteiger partial charge on any atom is -0.478 e. The lowest BCUT2D eigenvalue weighted by Crippen LogP contribution is -2.34. The van der Waals surface area contributed by atoms with Crippen LogP contribution < -0.4 is 0 Å². The Morgan fingerprint density at radius 2 is 1.79 bits per heavy atom. The molecule has 0 aromatic heterocycles. The van der Waals surface area contributed by atoms with Gasteiger partial charge in [0.15, 0.2) is 0 Å². The van der Waals surface area contributed by atoms with Crippen molar-refractivity contribution < 1.29 is 9.90 Å². The second-order valence-corrected chi connectivity index (χ2v) is 10.3. The van der Waals surface area contributed by atoms with Gasteiger partial charge >= 0.3 is 5.97 Å². The number of hydrogen-bond donors (Lipinski definition) is 1. The molecule has 0 heterocycles. The Labute approximate surface area is 170 Å². The fourth-order valence-electron chi connectivity index (χ4n) is 5.20. The number of carboxylic acids is 1. The molecule has 1 N–H and O–H groups in total. The summed E-state index contributed by atoms with van der Waals surface area (Å²) in [5, 5.41) is 8.92. The summed E-state index contributed by atoms with van der Waals surface area (Å²) in [6.07, 6.45) is 11.5. The first kappa shape index (κ1) is 20.9. The van der Waals surface area contributed by atoms with Crippen molar-refractivity contribution in [3.63, 3.8) is 0 Å². The Morgan fingerprint density at radius 1 is 1.14 bits per heavy atom. The highest BCUT2D eigenvalue weighted by molar-refractivity contribution is 5.81. The van der Waals surface area contributed by atoms with Gasteiger partial charge in [0, 0.05) is 11.5 Å². The Bertz CT molecular complexity index is 825. The topological polar surface area (TPSA) is 37.3 Å². The number of benzene rings is 1. The molecule has 0 spiro atoms. The van der Waals surface area contributed by atoms with E-state index in [0.29, 0.717) is 5.92 Å². The highest BCUT2D eigenvalue weighted by Gasteiger charge is 2.53. The third-order valence-corrected chi connectivity index (χ3v) is 7.20. The van der Waals surface area contributed by atoms with Crippen LogP contribution >= 0.6 is 0 Å². The molecule has 2 aliphatic carbocycles. The van der Waals surface area contributed by atoms with Crippen molar-refractivity contribution in [3.8, 4) is 0 Å². The first-order valence-corrected chi connectivity index (χ1v) is 10.8. The summed E-state index contributed by atoms with van der Waals surface area (Å²) in [4.78, 5) is 10.9. The van der Waals surface area contributed by atoms with Crippen molar-refractivity contribution in [3.05, 3.63) is 58.7 Å². The number of allylic oxidation sites excluding steroid dienone is 3. The van der Waals surface area contributed by atoms with E-state index in [1.54, 1.807) is 0 Å². The summed E-state index contributed by atoms with van der Waals surface area (Å²) >= 11 is 0. The smallest absolute Gasteiger partial charge is 0.328 e. The molecular formula is C26H36O2. The number of rotatable bonds is 6. The summed E-state index contributed by atoms with van der Waals surface area (Å²) in [6, 6.07) is 7.29. The van der Waals surface area contributed by atoms with Gasteiger partial charge in [-0.05, 0) is 71.6 Å². The molecule has 2 atom stereocenters. The summed E-state index contributed by atoms with van der Waals surface area (Å²) in [7, 11) is 0. The van der Waals surface area contributed by atoms with Gasteiger partial charge in [0.25, 0.3) is 0 Å². The first-order valence-electron chi connectivity index (χ1n) is 10.8. The maximum absolute atomic E-state index is 10.9. The normalized spacial score (nSPS) is 28.2. The van der Waals surface area contributed by atoms with Gasteiger partial charge in [-0.25, -0.2) is 4.79 Å². The Balaban J connectivity index is 1.95. The van der Waals surface area contributed by atoms with Crippen LogP contribution in [0.4, 0.5) is 0 Å². The average molecular weight is 381 g/mol. The van der Waals surface area contributed by atoms with E-state index in [1.165, 1.54) is 54.9 Å². The van der Waals surface area contributed by atoms with Crippen LogP contribution in [0.5, 0.6) is 0 Å². The van der Waals surface area contributed by atoms with Crippen molar-refractivity contribution in [1.82, 2.24) is 0 Å². The SMILES string of the molecule is CCC[C@]1(c2ccc3c(c2)C(C)(C)CCC3(C)C)C[C@H]1C=CC(C)=CC(=O)O. The number of carboxylic acid groups (broad SMARTS) is 1. The molecule has 152 valence electrons. The van der Waals surface area contributed by atoms with Crippen molar-refractivity contribution in [2.45, 2.75) is 89.9 Å². The molecule has 0 amide bonds. The number of carbonyl (C=O) groups is 1. The van der Waals surface area contributed by atoms with Gasteiger partial charge in [-0.2, -0.15) is 0 Å². The van der Waals surface area contributed by atoms with Gasteiger partial charge in [0.2, 0.25) is 0 Å². The molecule has 1 aromatic carbocycles. The number of aliphatic carboxylic acids is 1. The van der Waals surface area contributed by atoms with E-state index >= 15 is 0 Å². The minimum absolute atomic E-state index is 0.224. The quantitative estimate of drug-likeness (QED) is 0.441. The Morgan fingerprint density at radius 3 is 2.39 bits per heavy atom. The first-order chi connectivity index (χ1) is 13.0. The van der Waals surface area contributed by atoms with E-state index in [4.69, 9.17) is 5.11 Å². The van der Waals surface area contributed by atoms with Gasteiger partial charge < -0.3 is 5.11 Å². The van der Waals surface area contributed by atoms with Gasteiger partial charge in [-0.3, -0.25) is 0 Å². The summed E-state index contributed by atoms with van der Waals surface area (Å²) < 4.78 is 0. The van der Waals surface area contributed by atoms with E-state index in [9.17, 15) is 4.79 Å². The van der Waals surface area contributed by atoms with Crippen LogP contribution in [0.15, 0.2) is 42.0 Å². The van der Waals surface area contributed by atoms with E-state index in [1.807, 2.05) is 13.0 Å². The Kier molecular flexibility index (Phi) is 5.38. The van der Waals surface area contributed by atoms with E-state index in [2.05, 4.69) is 58.9 Å². The third kappa shape index (κ3) is 3.83. The predicted molar refractivity (Wildman–Crippen MR) is 117 cm³/mol. The molecule has 0 bridgehead atoms. The van der Waals surface area contributed by atoms with Crippen molar-refractivity contribution in [1.29, 1.82) is 0 Å². The second-order valence-electron chi connectivity index (χ2n) is 10.3. The monoisotopic (exact) mass is 380 g/mol. The van der Waals surface area contributed by atoms with Crippen molar-refractivity contribution in [2.75, 3.05) is 0 Å².